The topological polar surface area (TPSA) is 61.8 Å². The first-order valence-electron chi connectivity index (χ1n) is 10.9. The molecule has 3 heterocycles. The maximum absolute atomic E-state index is 13.1. The van der Waals surface area contributed by atoms with Crippen LogP contribution in [0.15, 0.2) is 24.3 Å². The molecule has 1 fully saturated rings. The van der Waals surface area contributed by atoms with Crippen LogP contribution in [-0.2, 0) is 17.8 Å². The summed E-state index contributed by atoms with van der Waals surface area (Å²) in [6.45, 7) is 2.38. The maximum Gasteiger partial charge on any atom is 0.261 e. The SMILES string of the molecule is CN1CCc2nc([C@@H]3CCCCN3C(=O)COc3ccc(F)cc3)nc(N(C)C)c2C1. The van der Waals surface area contributed by atoms with Crippen molar-refractivity contribution in [1.82, 2.24) is 19.8 Å². The van der Waals surface area contributed by atoms with E-state index in [9.17, 15) is 9.18 Å². The van der Waals surface area contributed by atoms with Crippen molar-refractivity contribution in [3.63, 3.8) is 0 Å². The van der Waals surface area contributed by atoms with E-state index >= 15 is 0 Å². The number of hydrogen-bond acceptors (Lipinski definition) is 6. The molecule has 2 aliphatic heterocycles. The second-order valence-corrected chi connectivity index (χ2v) is 8.55. The number of ether oxygens (including phenoxy) is 1. The molecule has 0 aliphatic carbocycles. The van der Waals surface area contributed by atoms with Crippen molar-refractivity contribution in [2.24, 2.45) is 0 Å². The molecule has 0 bridgehead atoms. The Morgan fingerprint density at radius 3 is 2.71 bits per heavy atom. The number of fused-ring (bicyclic) bond motifs is 1. The number of halogens is 1. The van der Waals surface area contributed by atoms with Gasteiger partial charge in [0.05, 0.1) is 11.7 Å². The number of aromatic nitrogens is 2. The van der Waals surface area contributed by atoms with Crippen LogP contribution in [0.2, 0.25) is 0 Å². The molecule has 0 unspecified atom stereocenters. The quantitative estimate of drug-likeness (QED) is 0.731. The number of benzene rings is 1. The highest BCUT2D eigenvalue weighted by Crippen LogP contribution is 2.33. The van der Waals surface area contributed by atoms with Crippen LogP contribution in [0.4, 0.5) is 10.2 Å². The number of carbonyl (C=O) groups is 1. The summed E-state index contributed by atoms with van der Waals surface area (Å²) in [4.78, 5) is 29.0. The molecule has 0 N–H and O–H groups in total. The molecule has 1 atom stereocenters. The van der Waals surface area contributed by atoms with E-state index < -0.39 is 0 Å². The third-order valence-electron chi connectivity index (χ3n) is 5.97. The minimum atomic E-state index is -0.331. The van der Waals surface area contributed by atoms with E-state index in [1.54, 1.807) is 0 Å². The van der Waals surface area contributed by atoms with Gasteiger partial charge in [0.25, 0.3) is 5.91 Å². The normalized spacial score (nSPS) is 19.1. The van der Waals surface area contributed by atoms with Gasteiger partial charge in [0.15, 0.2) is 12.4 Å². The van der Waals surface area contributed by atoms with Gasteiger partial charge < -0.3 is 19.4 Å². The Kier molecular flexibility index (Phi) is 6.36. The Balaban J connectivity index is 1.56. The highest BCUT2D eigenvalue weighted by Gasteiger charge is 2.32. The molecule has 31 heavy (non-hydrogen) atoms. The Morgan fingerprint density at radius 1 is 1.19 bits per heavy atom. The number of likely N-dealkylation sites (N-methyl/N-ethyl adjacent to an activating group) is 1. The first-order valence-corrected chi connectivity index (χ1v) is 10.9. The fourth-order valence-electron chi connectivity index (χ4n) is 4.33. The lowest BCUT2D eigenvalue weighted by molar-refractivity contribution is -0.137. The van der Waals surface area contributed by atoms with Crippen LogP contribution in [0.5, 0.6) is 5.75 Å². The highest BCUT2D eigenvalue weighted by molar-refractivity contribution is 5.78. The van der Waals surface area contributed by atoms with Crippen LogP contribution in [0.1, 0.15) is 42.4 Å². The summed E-state index contributed by atoms with van der Waals surface area (Å²) in [5.41, 5.74) is 2.27. The van der Waals surface area contributed by atoms with Gasteiger partial charge in [-0.15, -0.1) is 0 Å². The van der Waals surface area contributed by atoms with Crippen LogP contribution in [0.3, 0.4) is 0 Å². The van der Waals surface area contributed by atoms with E-state index in [2.05, 4.69) is 11.9 Å². The summed E-state index contributed by atoms with van der Waals surface area (Å²) in [6, 6.07) is 5.56. The summed E-state index contributed by atoms with van der Waals surface area (Å²) in [6.07, 6.45) is 3.72. The van der Waals surface area contributed by atoms with Crippen molar-refractivity contribution in [3.8, 4) is 5.75 Å². The van der Waals surface area contributed by atoms with Crippen LogP contribution in [0.25, 0.3) is 0 Å². The summed E-state index contributed by atoms with van der Waals surface area (Å²) in [5, 5.41) is 0. The standard InChI is InChI=1S/C23H30FN5O2/c1-27(2)23-18-14-28(3)13-11-19(18)25-22(26-23)20-6-4-5-12-29(20)21(30)15-31-17-9-7-16(24)8-10-17/h7-10,20H,4-6,11-15H2,1-3H3/t20-/m0/s1. The minimum Gasteiger partial charge on any atom is -0.484 e. The van der Waals surface area contributed by atoms with Crippen LogP contribution >= 0.6 is 0 Å². The fourth-order valence-corrected chi connectivity index (χ4v) is 4.33. The molecule has 1 aromatic carbocycles. The summed E-state index contributed by atoms with van der Waals surface area (Å²) in [7, 11) is 6.11. The van der Waals surface area contributed by atoms with Crippen molar-refractivity contribution < 1.29 is 13.9 Å². The predicted octanol–water partition coefficient (Wildman–Crippen LogP) is 2.80. The molecule has 1 aromatic heterocycles. The van der Waals surface area contributed by atoms with Crippen LogP contribution < -0.4 is 9.64 Å². The first-order chi connectivity index (χ1) is 14.9. The molecule has 1 saturated heterocycles. The van der Waals surface area contributed by atoms with Gasteiger partial charge in [-0.05, 0) is 50.6 Å². The predicted molar refractivity (Wildman–Crippen MR) is 117 cm³/mol. The number of anilines is 1. The van der Waals surface area contributed by atoms with Crippen LogP contribution in [0, 0.1) is 5.82 Å². The maximum atomic E-state index is 13.1. The van der Waals surface area contributed by atoms with Gasteiger partial charge in [0.1, 0.15) is 17.4 Å². The number of likely N-dealkylation sites (tertiary alicyclic amines) is 1. The van der Waals surface area contributed by atoms with Crippen molar-refractivity contribution in [3.05, 3.63) is 47.2 Å². The molecule has 2 aliphatic rings. The Bertz CT molecular complexity index is 934. The molecule has 7 nitrogen and oxygen atoms in total. The van der Waals surface area contributed by atoms with Gasteiger partial charge in [-0.3, -0.25) is 4.79 Å². The molecule has 0 spiro atoms. The minimum absolute atomic E-state index is 0.0849. The Hall–Kier alpha value is -2.74. The zero-order chi connectivity index (χ0) is 22.0. The zero-order valence-electron chi connectivity index (χ0n) is 18.5. The van der Waals surface area contributed by atoms with Gasteiger partial charge in [-0.1, -0.05) is 0 Å². The van der Waals surface area contributed by atoms with Crippen LogP contribution in [-0.4, -0.2) is 66.5 Å². The largest absolute Gasteiger partial charge is 0.484 e. The van der Waals surface area contributed by atoms with Gasteiger partial charge in [0, 0.05) is 45.7 Å². The molecular formula is C23H30FN5O2. The lowest BCUT2D eigenvalue weighted by Gasteiger charge is -2.36. The molecule has 2 aromatic rings. The second-order valence-electron chi connectivity index (χ2n) is 8.55. The van der Waals surface area contributed by atoms with Gasteiger partial charge >= 0.3 is 0 Å². The molecule has 0 saturated carbocycles. The van der Waals surface area contributed by atoms with E-state index in [1.807, 2.05) is 23.9 Å². The highest BCUT2D eigenvalue weighted by atomic mass is 19.1. The van der Waals surface area contributed by atoms with E-state index in [0.29, 0.717) is 12.3 Å². The number of amides is 1. The smallest absolute Gasteiger partial charge is 0.261 e. The van der Waals surface area contributed by atoms with E-state index in [0.717, 1.165) is 56.1 Å². The van der Waals surface area contributed by atoms with Gasteiger partial charge in [-0.25, -0.2) is 14.4 Å². The summed E-state index contributed by atoms with van der Waals surface area (Å²) < 4.78 is 18.7. The third kappa shape index (κ3) is 4.79. The van der Waals surface area contributed by atoms with Crippen molar-refractivity contribution in [2.75, 3.05) is 45.7 Å². The third-order valence-corrected chi connectivity index (χ3v) is 5.97. The second kappa shape index (κ2) is 9.18. The summed E-state index contributed by atoms with van der Waals surface area (Å²) in [5.74, 6) is 1.71. The van der Waals surface area contributed by atoms with Crippen molar-refractivity contribution in [1.29, 1.82) is 0 Å². The number of piperidine rings is 1. The number of nitrogens with zero attached hydrogens (tertiary/aromatic N) is 5. The Morgan fingerprint density at radius 2 is 1.97 bits per heavy atom. The number of carbonyl (C=O) groups excluding carboxylic acids is 1. The molecule has 4 rings (SSSR count). The van der Waals surface area contributed by atoms with E-state index in [-0.39, 0.29) is 24.4 Å². The van der Waals surface area contributed by atoms with Gasteiger partial charge in [0.2, 0.25) is 0 Å². The average molecular weight is 428 g/mol. The van der Waals surface area contributed by atoms with Crippen molar-refractivity contribution in [2.45, 2.75) is 38.3 Å². The molecule has 8 heteroatoms. The van der Waals surface area contributed by atoms with Gasteiger partial charge in [-0.2, -0.15) is 0 Å². The summed E-state index contributed by atoms with van der Waals surface area (Å²) >= 11 is 0. The molecular weight excluding hydrogens is 397 g/mol. The first kappa shape index (κ1) is 21.5. The monoisotopic (exact) mass is 427 g/mol. The lowest BCUT2D eigenvalue weighted by Crippen LogP contribution is -2.42. The lowest BCUT2D eigenvalue weighted by atomic mass is 10.00. The van der Waals surface area contributed by atoms with Crippen molar-refractivity contribution >= 4 is 11.7 Å². The molecule has 0 radical (unpaired) electrons. The zero-order valence-corrected chi connectivity index (χ0v) is 18.5. The van der Waals surface area contributed by atoms with E-state index in [1.165, 1.54) is 29.8 Å². The fraction of sp³-hybridized carbons (Fsp3) is 0.522. The molecule has 1 amide bonds. The Labute approximate surface area is 182 Å². The average Bonchev–Trinajstić information content (AvgIpc) is 2.77. The van der Waals surface area contributed by atoms with E-state index in [4.69, 9.17) is 14.7 Å². The number of hydrogen-bond donors (Lipinski definition) is 0. The molecule has 166 valence electrons. The number of rotatable bonds is 5.